The standard InChI is InChI=1S/C19H18N4O2S2/c1-4-14-21-11(3)15-10(2)16(27-19(15)23-14)17(24)20-8-12-9-25-18(22-12)13-6-5-7-26-13/h5-7,9H,4,8H2,1-3H3,(H,20,24). The second-order valence-corrected chi connectivity index (χ2v) is 8.07. The molecule has 138 valence electrons. The van der Waals surface area contributed by atoms with E-state index in [2.05, 4.69) is 20.3 Å². The molecule has 0 bridgehead atoms. The molecule has 0 atom stereocenters. The summed E-state index contributed by atoms with van der Waals surface area (Å²) < 4.78 is 5.49. The fraction of sp³-hybridized carbons (Fsp3) is 0.263. The number of thiophene rings is 2. The van der Waals surface area contributed by atoms with Gasteiger partial charge in [-0.3, -0.25) is 4.79 Å². The molecule has 0 saturated carbocycles. The zero-order valence-electron chi connectivity index (χ0n) is 15.2. The fourth-order valence-electron chi connectivity index (χ4n) is 2.92. The van der Waals surface area contributed by atoms with Crippen molar-refractivity contribution < 1.29 is 9.21 Å². The Hall–Kier alpha value is -2.58. The normalized spacial score (nSPS) is 11.2. The molecule has 0 fully saturated rings. The average molecular weight is 399 g/mol. The predicted octanol–water partition coefficient (Wildman–Crippen LogP) is 4.52. The van der Waals surface area contributed by atoms with E-state index >= 15 is 0 Å². The molecule has 0 unspecified atom stereocenters. The number of carbonyl (C=O) groups is 1. The largest absolute Gasteiger partial charge is 0.443 e. The minimum Gasteiger partial charge on any atom is -0.443 e. The molecule has 4 aromatic rings. The smallest absolute Gasteiger partial charge is 0.262 e. The maximum atomic E-state index is 12.7. The zero-order chi connectivity index (χ0) is 19.0. The van der Waals surface area contributed by atoms with E-state index in [0.29, 0.717) is 23.0 Å². The Labute approximate surface area is 164 Å². The van der Waals surface area contributed by atoms with E-state index < -0.39 is 0 Å². The number of carbonyl (C=O) groups excluding carboxylic acids is 1. The summed E-state index contributed by atoms with van der Waals surface area (Å²) in [6, 6.07) is 3.90. The molecule has 0 aliphatic rings. The Morgan fingerprint density at radius 3 is 2.85 bits per heavy atom. The van der Waals surface area contributed by atoms with Crippen molar-refractivity contribution in [2.24, 2.45) is 0 Å². The summed E-state index contributed by atoms with van der Waals surface area (Å²) in [6.45, 7) is 6.25. The van der Waals surface area contributed by atoms with Crippen molar-refractivity contribution in [1.29, 1.82) is 0 Å². The molecule has 0 aromatic carbocycles. The Morgan fingerprint density at radius 2 is 2.11 bits per heavy atom. The summed E-state index contributed by atoms with van der Waals surface area (Å²) in [4.78, 5) is 28.7. The monoisotopic (exact) mass is 398 g/mol. The molecular weight excluding hydrogens is 380 g/mol. The van der Waals surface area contributed by atoms with Crippen molar-refractivity contribution in [2.45, 2.75) is 33.7 Å². The Kier molecular flexibility index (Phi) is 4.75. The van der Waals surface area contributed by atoms with Gasteiger partial charge in [-0.2, -0.15) is 0 Å². The number of nitrogens with one attached hydrogen (secondary N) is 1. The number of aromatic nitrogens is 3. The molecule has 0 spiro atoms. The second kappa shape index (κ2) is 7.21. The van der Waals surface area contributed by atoms with Crippen molar-refractivity contribution in [3.05, 3.63) is 51.4 Å². The van der Waals surface area contributed by atoms with Crippen LogP contribution in [0.1, 0.15) is 39.4 Å². The van der Waals surface area contributed by atoms with Crippen LogP contribution in [0.4, 0.5) is 0 Å². The molecule has 0 aliphatic heterocycles. The topological polar surface area (TPSA) is 80.9 Å². The van der Waals surface area contributed by atoms with Gasteiger partial charge in [-0.25, -0.2) is 15.0 Å². The van der Waals surface area contributed by atoms with Gasteiger partial charge < -0.3 is 9.73 Å². The zero-order valence-corrected chi connectivity index (χ0v) is 16.8. The van der Waals surface area contributed by atoms with Gasteiger partial charge in [0, 0.05) is 17.5 Å². The highest BCUT2D eigenvalue weighted by molar-refractivity contribution is 7.20. The Bertz CT molecular complexity index is 1110. The van der Waals surface area contributed by atoms with Crippen molar-refractivity contribution in [1.82, 2.24) is 20.3 Å². The highest BCUT2D eigenvalue weighted by Crippen LogP contribution is 2.31. The van der Waals surface area contributed by atoms with E-state index in [-0.39, 0.29) is 5.91 Å². The number of fused-ring (bicyclic) bond motifs is 1. The summed E-state index contributed by atoms with van der Waals surface area (Å²) in [5, 5.41) is 5.88. The average Bonchev–Trinajstić information content (AvgIpc) is 3.39. The SMILES string of the molecule is CCc1nc(C)c2c(C)c(C(=O)NCc3coc(-c4cccs4)n3)sc2n1. The Balaban J connectivity index is 1.53. The van der Waals surface area contributed by atoms with Crippen molar-refractivity contribution in [3.63, 3.8) is 0 Å². The third kappa shape index (κ3) is 3.38. The first-order chi connectivity index (χ1) is 13.1. The molecule has 27 heavy (non-hydrogen) atoms. The predicted molar refractivity (Wildman–Crippen MR) is 107 cm³/mol. The summed E-state index contributed by atoms with van der Waals surface area (Å²) in [5.74, 6) is 1.25. The number of nitrogens with zero attached hydrogens (tertiary/aromatic N) is 3. The minimum absolute atomic E-state index is 0.131. The lowest BCUT2D eigenvalue weighted by Gasteiger charge is -2.02. The van der Waals surface area contributed by atoms with E-state index in [1.165, 1.54) is 11.3 Å². The summed E-state index contributed by atoms with van der Waals surface area (Å²) in [5.41, 5.74) is 2.53. The van der Waals surface area contributed by atoms with Gasteiger partial charge >= 0.3 is 0 Å². The summed E-state index contributed by atoms with van der Waals surface area (Å²) in [7, 11) is 0. The molecule has 4 heterocycles. The molecule has 0 radical (unpaired) electrons. The van der Waals surface area contributed by atoms with Crippen LogP contribution < -0.4 is 5.32 Å². The van der Waals surface area contributed by atoms with Crippen LogP contribution in [-0.2, 0) is 13.0 Å². The maximum Gasteiger partial charge on any atom is 0.262 e. The van der Waals surface area contributed by atoms with Gasteiger partial charge in [0.2, 0.25) is 5.89 Å². The van der Waals surface area contributed by atoms with Gasteiger partial charge in [-0.15, -0.1) is 22.7 Å². The first kappa shape index (κ1) is 17.8. The van der Waals surface area contributed by atoms with Gasteiger partial charge in [0.25, 0.3) is 5.91 Å². The third-order valence-electron chi connectivity index (χ3n) is 4.25. The molecule has 6 nitrogen and oxygen atoms in total. The number of oxazole rings is 1. The maximum absolute atomic E-state index is 12.7. The quantitative estimate of drug-likeness (QED) is 0.535. The Morgan fingerprint density at radius 1 is 1.26 bits per heavy atom. The van der Waals surface area contributed by atoms with Crippen molar-refractivity contribution in [3.8, 4) is 10.8 Å². The van der Waals surface area contributed by atoms with E-state index in [1.807, 2.05) is 38.3 Å². The molecule has 1 N–H and O–H groups in total. The van der Waals surface area contributed by atoms with Crippen LogP contribution in [0.15, 0.2) is 28.2 Å². The summed E-state index contributed by atoms with van der Waals surface area (Å²) >= 11 is 2.97. The highest BCUT2D eigenvalue weighted by Gasteiger charge is 2.19. The van der Waals surface area contributed by atoms with Gasteiger partial charge in [-0.1, -0.05) is 13.0 Å². The van der Waals surface area contributed by atoms with Crippen LogP contribution >= 0.6 is 22.7 Å². The van der Waals surface area contributed by atoms with E-state index in [4.69, 9.17) is 4.42 Å². The van der Waals surface area contributed by atoms with Crippen LogP contribution in [0.3, 0.4) is 0 Å². The van der Waals surface area contributed by atoms with Crippen LogP contribution in [0.2, 0.25) is 0 Å². The number of amides is 1. The van der Waals surface area contributed by atoms with Crippen molar-refractivity contribution in [2.75, 3.05) is 0 Å². The van der Waals surface area contributed by atoms with Gasteiger partial charge in [0.05, 0.1) is 22.0 Å². The molecular formula is C19H18N4O2S2. The lowest BCUT2D eigenvalue weighted by Crippen LogP contribution is -2.22. The van der Waals surface area contributed by atoms with Gasteiger partial charge in [0.15, 0.2) is 0 Å². The van der Waals surface area contributed by atoms with Crippen LogP contribution in [-0.4, -0.2) is 20.9 Å². The number of rotatable bonds is 5. The van der Waals surface area contributed by atoms with E-state index in [1.54, 1.807) is 17.6 Å². The van der Waals surface area contributed by atoms with Crippen LogP contribution in [0.5, 0.6) is 0 Å². The minimum atomic E-state index is -0.131. The molecule has 8 heteroatoms. The van der Waals surface area contributed by atoms with E-state index in [9.17, 15) is 4.79 Å². The van der Waals surface area contributed by atoms with Crippen LogP contribution in [0, 0.1) is 13.8 Å². The second-order valence-electron chi connectivity index (χ2n) is 6.12. The lowest BCUT2D eigenvalue weighted by molar-refractivity contribution is 0.0954. The molecule has 4 aromatic heterocycles. The number of hydrogen-bond donors (Lipinski definition) is 1. The fourth-order valence-corrected chi connectivity index (χ4v) is 4.74. The van der Waals surface area contributed by atoms with Gasteiger partial charge in [-0.05, 0) is 30.9 Å². The molecule has 1 amide bonds. The highest BCUT2D eigenvalue weighted by atomic mass is 32.1. The lowest BCUT2D eigenvalue weighted by atomic mass is 10.1. The molecule has 0 aliphatic carbocycles. The first-order valence-electron chi connectivity index (χ1n) is 8.60. The number of aryl methyl sites for hydroxylation is 3. The third-order valence-corrected chi connectivity index (χ3v) is 6.30. The van der Waals surface area contributed by atoms with Gasteiger partial charge in [0.1, 0.15) is 16.9 Å². The van der Waals surface area contributed by atoms with Crippen LogP contribution in [0.25, 0.3) is 21.0 Å². The summed E-state index contributed by atoms with van der Waals surface area (Å²) in [6.07, 6.45) is 2.35. The van der Waals surface area contributed by atoms with Crippen molar-refractivity contribution >= 4 is 38.8 Å². The number of hydrogen-bond acceptors (Lipinski definition) is 7. The van der Waals surface area contributed by atoms with E-state index in [0.717, 1.165) is 38.6 Å². The molecule has 0 saturated heterocycles. The molecule has 4 rings (SSSR count). The first-order valence-corrected chi connectivity index (χ1v) is 10.3.